The third-order valence-corrected chi connectivity index (χ3v) is 7.73. The van der Waals surface area contributed by atoms with Crippen molar-refractivity contribution in [3.05, 3.63) is 65.2 Å². The Balaban J connectivity index is 1.49. The second-order valence-electron chi connectivity index (χ2n) is 7.08. The van der Waals surface area contributed by atoms with Gasteiger partial charge in [0.15, 0.2) is 0 Å². The molecule has 0 N–H and O–H groups in total. The van der Waals surface area contributed by atoms with Gasteiger partial charge >= 0.3 is 0 Å². The Bertz CT molecular complexity index is 919. The van der Waals surface area contributed by atoms with E-state index < -0.39 is 10.0 Å². The average molecular weight is 419 g/mol. The maximum Gasteiger partial charge on any atom is 0.243 e. The Labute approximate surface area is 171 Å². The monoisotopic (exact) mass is 418 g/mol. The van der Waals surface area contributed by atoms with Crippen LogP contribution in [-0.4, -0.2) is 55.5 Å². The highest BCUT2D eigenvalue weighted by Crippen LogP contribution is 2.19. The molecule has 0 spiro atoms. The molecule has 5 nitrogen and oxygen atoms in total. The Morgan fingerprint density at radius 3 is 2.29 bits per heavy atom. The lowest BCUT2D eigenvalue weighted by molar-refractivity contribution is -0.129. The molecule has 1 aliphatic heterocycles. The van der Waals surface area contributed by atoms with E-state index in [2.05, 4.69) is 25.1 Å². The molecule has 2 aromatic rings. The summed E-state index contributed by atoms with van der Waals surface area (Å²) in [5, 5.41) is 0. The van der Waals surface area contributed by atoms with E-state index in [1.165, 1.54) is 15.4 Å². The summed E-state index contributed by atoms with van der Waals surface area (Å²) >= 11 is 1.60. The molecular formula is C21H26N2O3S2. The highest BCUT2D eigenvalue weighted by Gasteiger charge is 2.29. The molecular weight excluding hydrogens is 392 g/mol. The normalized spacial score (nSPS) is 15.6. The van der Waals surface area contributed by atoms with Crippen molar-refractivity contribution in [3.63, 3.8) is 0 Å². The number of amides is 1. The lowest BCUT2D eigenvalue weighted by atomic mass is 10.2. The molecule has 150 valence electrons. The van der Waals surface area contributed by atoms with Gasteiger partial charge in [-0.1, -0.05) is 47.5 Å². The van der Waals surface area contributed by atoms with Crippen molar-refractivity contribution in [2.45, 2.75) is 24.5 Å². The fourth-order valence-corrected chi connectivity index (χ4v) is 5.48. The summed E-state index contributed by atoms with van der Waals surface area (Å²) in [7, 11) is -3.49. The molecule has 28 heavy (non-hydrogen) atoms. The van der Waals surface area contributed by atoms with Crippen LogP contribution in [0.25, 0.3) is 0 Å². The maximum absolute atomic E-state index is 12.7. The summed E-state index contributed by atoms with van der Waals surface area (Å²) in [5.74, 6) is 1.29. The molecule has 0 bridgehead atoms. The van der Waals surface area contributed by atoms with E-state index in [1.54, 1.807) is 40.9 Å². The number of thioether (sulfide) groups is 1. The topological polar surface area (TPSA) is 57.7 Å². The van der Waals surface area contributed by atoms with Crippen LogP contribution in [-0.2, 0) is 20.6 Å². The Hall–Kier alpha value is -1.83. The van der Waals surface area contributed by atoms with E-state index in [4.69, 9.17) is 0 Å². The second kappa shape index (κ2) is 9.11. The zero-order valence-electron chi connectivity index (χ0n) is 16.3. The minimum absolute atomic E-state index is 0.0741. The summed E-state index contributed by atoms with van der Waals surface area (Å²) in [6.07, 6.45) is 0. The summed E-state index contributed by atoms with van der Waals surface area (Å²) < 4.78 is 27.0. The number of nitrogens with zero attached hydrogens (tertiary/aromatic N) is 2. The van der Waals surface area contributed by atoms with Gasteiger partial charge in [-0.25, -0.2) is 8.42 Å². The van der Waals surface area contributed by atoms with Crippen molar-refractivity contribution in [3.8, 4) is 0 Å². The van der Waals surface area contributed by atoms with Gasteiger partial charge in [-0.15, -0.1) is 11.8 Å². The Morgan fingerprint density at radius 2 is 1.64 bits per heavy atom. The van der Waals surface area contributed by atoms with Crippen LogP contribution in [0.15, 0.2) is 53.4 Å². The summed E-state index contributed by atoms with van der Waals surface area (Å²) in [6.45, 7) is 5.54. The molecule has 0 aromatic heterocycles. The minimum Gasteiger partial charge on any atom is -0.339 e. The molecule has 1 amide bonds. The lowest BCUT2D eigenvalue weighted by Gasteiger charge is -2.34. The first-order chi connectivity index (χ1) is 13.4. The van der Waals surface area contributed by atoms with Crippen LogP contribution >= 0.6 is 11.8 Å². The van der Waals surface area contributed by atoms with E-state index in [0.29, 0.717) is 36.8 Å². The molecule has 0 atom stereocenters. The third kappa shape index (κ3) is 5.16. The number of hydrogen-bond acceptors (Lipinski definition) is 4. The Kier molecular flexibility index (Phi) is 6.80. The van der Waals surface area contributed by atoms with Gasteiger partial charge in [0.05, 0.1) is 10.6 Å². The first-order valence-corrected chi connectivity index (χ1v) is 11.9. The zero-order valence-corrected chi connectivity index (χ0v) is 17.9. The number of carbonyl (C=O) groups is 1. The van der Waals surface area contributed by atoms with Crippen LogP contribution in [0.3, 0.4) is 0 Å². The molecule has 1 fully saturated rings. The van der Waals surface area contributed by atoms with E-state index in [0.717, 1.165) is 11.3 Å². The van der Waals surface area contributed by atoms with Crippen LogP contribution in [0.5, 0.6) is 0 Å². The second-order valence-corrected chi connectivity index (χ2v) is 10.0. The average Bonchev–Trinajstić information content (AvgIpc) is 2.68. The molecule has 2 aromatic carbocycles. The first kappa shape index (κ1) is 20.9. The number of aryl methyl sites for hydroxylation is 2. The standard InChI is InChI=1S/C21H26N2O3S2/c1-17-6-8-20(9-7-17)28(25,26)23-12-10-22(11-13-23)21(24)16-27-15-19-5-3-4-18(2)14-19/h3-9,14H,10-13,15-16H2,1-2H3. The van der Waals surface area contributed by atoms with Crippen molar-refractivity contribution in [1.82, 2.24) is 9.21 Å². The molecule has 1 heterocycles. The van der Waals surface area contributed by atoms with Crippen LogP contribution in [0.2, 0.25) is 0 Å². The first-order valence-electron chi connectivity index (χ1n) is 9.34. The van der Waals surface area contributed by atoms with Crippen molar-refractivity contribution in [2.24, 2.45) is 0 Å². The summed E-state index contributed by atoms with van der Waals surface area (Å²) in [6, 6.07) is 15.2. The number of rotatable bonds is 6. The van der Waals surface area contributed by atoms with Crippen molar-refractivity contribution >= 4 is 27.7 Å². The predicted molar refractivity (Wildman–Crippen MR) is 114 cm³/mol. The summed E-state index contributed by atoms with van der Waals surface area (Å²) in [4.78, 5) is 14.5. The summed E-state index contributed by atoms with van der Waals surface area (Å²) in [5.41, 5.74) is 3.46. The largest absolute Gasteiger partial charge is 0.339 e. The van der Waals surface area contributed by atoms with Crippen LogP contribution in [0.1, 0.15) is 16.7 Å². The van der Waals surface area contributed by atoms with Crippen molar-refractivity contribution < 1.29 is 13.2 Å². The van der Waals surface area contributed by atoms with Gasteiger partial charge in [0, 0.05) is 31.9 Å². The van der Waals surface area contributed by atoms with Gasteiger partial charge in [0.25, 0.3) is 0 Å². The van der Waals surface area contributed by atoms with E-state index in [1.807, 2.05) is 13.0 Å². The van der Waals surface area contributed by atoms with E-state index in [-0.39, 0.29) is 5.91 Å². The zero-order chi connectivity index (χ0) is 20.1. The highest BCUT2D eigenvalue weighted by atomic mass is 32.2. The quantitative estimate of drug-likeness (QED) is 0.723. The molecule has 7 heteroatoms. The van der Waals surface area contributed by atoms with Gasteiger partial charge in [0.2, 0.25) is 15.9 Å². The molecule has 1 aliphatic rings. The van der Waals surface area contributed by atoms with Crippen LogP contribution < -0.4 is 0 Å². The fourth-order valence-electron chi connectivity index (χ4n) is 3.19. The number of hydrogen-bond donors (Lipinski definition) is 0. The number of carbonyl (C=O) groups excluding carboxylic acids is 1. The lowest BCUT2D eigenvalue weighted by Crippen LogP contribution is -2.50. The molecule has 0 aliphatic carbocycles. The smallest absolute Gasteiger partial charge is 0.243 e. The molecule has 0 unspecified atom stereocenters. The number of benzene rings is 2. The van der Waals surface area contributed by atoms with E-state index in [9.17, 15) is 13.2 Å². The third-order valence-electron chi connectivity index (χ3n) is 4.83. The van der Waals surface area contributed by atoms with Gasteiger partial charge in [-0.2, -0.15) is 4.31 Å². The van der Waals surface area contributed by atoms with Gasteiger partial charge in [-0.05, 0) is 31.5 Å². The van der Waals surface area contributed by atoms with Gasteiger partial charge in [-0.3, -0.25) is 4.79 Å². The van der Waals surface area contributed by atoms with Gasteiger partial charge in [0.1, 0.15) is 0 Å². The Morgan fingerprint density at radius 1 is 0.964 bits per heavy atom. The SMILES string of the molecule is Cc1ccc(S(=O)(=O)N2CCN(C(=O)CSCc3cccc(C)c3)CC2)cc1. The highest BCUT2D eigenvalue weighted by molar-refractivity contribution is 7.99. The van der Waals surface area contributed by atoms with Gasteiger partial charge < -0.3 is 4.90 Å². The van der Waals surface area contributed by atoms with Crippen molar-refractivity contribution in [2.75, 3.05) is 31.9 Å². The number of sulfonamides is 1. The molecule has 1 saturated heterocycles. The van der Waals surface area contributed by atoms with Crippen LogP contribution in [0, 0.1) is 13.8 Å². The molecule has 0 radical (unpaired) electrons. The van der Waals surface area contributed by atoms with Crippen molar-refractivity contribution in [1.29, 1.82) is 0 Å². The molecule has 0 saturated carbocycles. The van der Waals surface area contributed by atoms with Crippen LogP contribution in [0.4, 0.5) is 0 Å². The number of piperazine rings is 1. The fraction of sp³-hybridized carbons (Fsp3) is 0.381. The molecule has 3 rings (SSSR count). The maximum atomic E-state index is 12.7. The predicted octanol–water partition coefficient (Wildman–Crippen LogP) is 3.07. The van der Waals surface area contributed by atoms with E-state index >= 15 is 0 Å². The minimum atomic E-state index is -3.49.